The molecule has 1 heterocycles. The van der Waals surface area contributed by atoms with E-state index in [0.29, 0.717) is 5.41 Å². The van der Waals surface area contributed by atoms with Gasteiger partial charge in [0.15, 0.2) is 5.79 Å². The van der Waals surface area contributed by atoms with Crippen LogP contribution in [0.2, 0.25) is 0 Å². The van der Waals surface area contributed by atoms with Crippen molar-refractivity contribution in [3.63, 3.8) is 0 Å². The smallest absolute Gasteiger partial charge is 0.174 e. The standard InChI is InChI=1S/C13H20O2/c1-2-12-5-3-9-11(12)10(4-6-12)13(9)14-7-8-15-13/h9-11H,2-8H2,1H3/t9-,10+,11+,12-. The van der Waals surface area contributed by atoms with E-state index >= 15 is 0 Å². The van der Waals surface area contributed by atoms with Crippen molar-refractivity contribution in [2.75, 3.05) is 13.2 Å². The SMILES string of the molecule is CC[C@]12CC[C@@H]3[C@H]1[C@H](CC2)C31OCCO1. The summed E-state index contributed by atoms with van der Waals surface area (Å²) in [6.07, 6.45) is 6.96. The van der Waals surface area contributed by atoms with Gasteiger partial charge >= 0.3 is 0 Å². The molecule has 1 spiro atoms. The second-order valence-electron chi connectivity index (χ2n) is 5.95. The summed E-state index contributed by atoms with van der Waals surface area (Å²) in [6, 6.07) is 0. The molecule has 4 atom stereocenters. The Balaban J connectivity index is 1.71. The van der Waals surface area contributed by atoms with Crippen LogP contribution in [-0.2, 0) is 9.47 Å². The number of ether oxygens (including phenoxy) is 2. The number of hydrogen-bond acceptors (Lipinski definition) is 2. The molecule has 1 aliphatic heterocycles. The number of hydrogen-bond donors (Lipinski definition) is 0. The molecule has 3 saturated carbocycles. The van der Waals surface area contributed by atoms with Crippen LogP contribution in [0.4, 0.5) is 0 Å². The minimum Gasteiger partial charge on any atom is -0.347 e. The zero-order chi connectivity index (χ0) is 10.1. The van der Waals surface area contributed by atoms with Gasteiger partial charge in [0.25, 0.3) is 0 Å². The van der Waals surface area contributed by atoms with Crippen molar-refractivity contribution in [1.29, 1.82) is 0 Å². The van der Waals surface area contributed by atoms with Crippen molar-refractivity contribution >= 4 is 0 Å². The van der Waals surface area contributed by atoms with E-state index in [9.17, 15) is 0 Å². The molecule has 4 rings (SSSR count). The van der Waals surface area contributed by atoms with Gasteiger partial charge in [-0.2, -0.15) is 0 Å². The van der Waals surface area contributed by atoms with E-state index in [1.54, 1.807) is 0 Å². The second kappa shape index (κ2) is 2.60. The summed E-state index contributed by atoms with van der Waals surface area (Å²) in [5.41, 5.74) is 0.690. The molecular formula is C13H20O2. The Kier molecular flexibility index (Phi) is 1.56. The third kappa shape index (κ3) is 0.794. The molecule has 0 radical (unpaired) electrons. The first kappa shape index (κ1) is 9.00. The fourth-order valence-corrected chi connectivity index (χ4v) is 5.36. The molecule has 15 heavy (non-hydrogen) atoms. The van der Waals surface area contributed by atoms with E-state index in [1.165, 1.54) is 32.1 Å². The van der Waals surface area contributed by atoms with Crippen molar-refractivity contribution in [2.45, 2.75) is 44.8 Å². The Hall–Kier alpha value is -0.0800. The van der Waals surface area contributed by atoms with Crippen LogP contribution in [0.3, 0.4) is 0 Å². The summed E-state index contributed by atoms with van der Waals surface area (Å²) < 4.78 is 12.0. The number of rotatable bonds is 1. The average molecular weight is 208 g/mol. The minimum atomic E-state index is -0.0991. The molecule has 0 aromatic carbocycles. The Labute approximate surface area is 91.3 Å². The first-order valence-corrected chi connectivity index (χ1v) is 6.60. The summed E-state index contributed by atoms with van der Waals surface area (Å²) in [7, 11) is 0. The van der Waals surface area contributed by atoms with Crippen LogP contribution in [0.15, 0.2) is 0 Å². The maximum Gasteiger partial charge on any atom is 0.174 e. The lowest BCUT2D eigenvalue weighted by atomic mass is 9.58. The highest BCUT2D eigenvalue weighted by Gasteiger charge is 2.75. The highest BCUT2D eigenvalue weighted by Crippen LogP contribution is 2.74. The first-order chi connectivity index (χ1) is 7.32. The van der Waals surface area contributed by atoms with Gasteiger partial charge in [0.2, 0.25) is 0 Å². The lowest BCUT2D eigenvalue weighted by Crippen LogP contribution is -2.61. The topological polar surface area (TPSA) is 18.5 Å². The molecule has 84 valence electrons. The van der Waals surface area contributed by atoms with Gasteiger partial charge < -0.3 is 9.47 Å². The number of fused-ring (bicyclic) bond motifs is 2. The predicted octanol–water partition coefficient (Wildman–Crippen LogP) is 2.58. The van der Waals surface area contributed by atoms with Crippen molar-refractivity contribution in [2.24, 2.45) is 23.2 Å². The van der Waals surface area contributed by atoms with E-state index in [4.69, 9.17) is 9.47 Å². The summed E-state index contributed by atoms with van der Waals surface area (Å²) >= 11 is 0. The van der Waals surface area contributed by atoms with E-state index in [0.717, 1.165) is 31.0 Å². The molecule has 0 N–H and O–H groups in total. The van der Waals surface area contributed by atoms with Gasteiger partial charge in [0, 0.05) is 11.8 Å². The summed E-state index contributed by atoms with van der Waals surface area (Å²) in [5.74, 6) is 2.33. The fourth-order valence-electron chi connectivity index (χ4n) is 5.36. The maximum absolute atomic E-state index is 5.99. The van der Waals surface area contributed by atoms with Crippen LogP contribution in [0, 0.1) is 23.2 Å². The van der Waals surface area contributed by atoms with Crippen molar-refractivity contribution in [3.05, 3.63) is 0 Å². The zero-order valence-electron chi connectivity index (χ0n) is 9.50. The molecule has 0 aromatic rings. The molecule has 3 aliphatic carbocycles. The van der Waals surface area contributed by atoms with Gasteiger partial charge in [-0.1, -0.05) is 13.3 Å². The zero-order valence-corrected chi connectivity index (χ0v) is 9.50. The molecule has 4 aliphatic rings. The molecule has 2 heteroatoms. The van der Waals surface area contributed by atoms with Crippen LogP contribution >= 0.6 is 0 Å². The van der Waals surface area contributed by atoms with Crippen LogP contribution in [-0.4, -0.2) is 19.0 Å². The molecule has 2 nitrogen and oxygen atoms in total. The van der Waals surface area contributed by atoms with Crippen LogP contribution < -0.4 is 0 Å². The van der Waals surface area contributed by atoms with Gasteiger partial charge in [-0.15, -0.1) is 0 Å². The monoisotopic (exact) mass is 208 g/mol. The van der Waals surface area contributed by atoms with Crippen LogP contribution in [0.1, 0.15) is 39.0 Å². The minimum absolute atomic E-state index is 0.0991. The van der Waals surface area contributed by atoms with Gasteiger partial charge in [-0.25, -0.2) is 0 Å². The summed E-state index contributed by atoms with van der Waals surface area (Å²) in [5, 5.41) is 0. The van der Waals surface area contributed by atoms with Crippen molar-refractivity contribution < 1.29 is 9.47 Å². The van der Waals surface area contributed by atoms with E-state index < -0.39 is 0 Å². The van der Waals surface area contributed by atoms with E-state index in [1.807, 2.05) is 0 Å². The quantitative estimate of drug-likeness (QED) is 0.659. The third-order valence-corrected chi connectivity index (χ3v) is 5.96. The normalized spacial score (nSPS) is 54.6. The summed E-state index contributed by atoms with van der Waals surface area (Å²) in [6.45, 7) is 4.05. The molecular weight excluding hydrogens is 188 g/mol. The molecule has 1 saturated heterocycles. The molecule has 4 fully saturated rings. The molecule has 0 aromatic heterocycles. The second-order valence-corrected chi connectivity index (χ2v) is 5.95. The van der Waals surface area contributed by atoms with Crippen molar-refractivity contribution in [3.8, 4) is 0 Å². The highest BCUT2D eigenvalue weighted by molar-refractivity contribution is 5.19. The molecule has 0 unspecified atom stereocenters. The van der Waals surface area contributed by atoms with Gasteiger partial charge in [-0.05, 0) is 37.0 Å². The first-order valence-electron chi connectivity index (χ1n) is 6.60. The Bertz CT molecular complexity index is 275. The maximum atomic E-state index is 5.99. The average Bonchev–Trinajstić information content (AvgIpc) is 2.88. The Morgan fingerprint density at radius 1 is 1.07 bits per heavy atom. The molecule has 0 amide bonds. The van der Waals surface area contributed by atoms with Gasteiger partial charge in [0.05, 0.1) is 13.2 Å². The third-order valence-electron chi connectivity index (χ3n) is 5.96. The van der Waals surface area contributed by atoms with Gasteiger partial charge in [-0.3, -0.25) is 0 Å². The fraction of sp³-hybridized carbons (Fsp3) is 1.00. The lowest BCUT2D eigenvalue weighted by Gasteiger charge is -2.55. The summed E-state index contributed by atoms with van der Waals surface area (Å²) in [4.78, 5) is 0. The van der Waals surface area contributed by atoms with Gasteiger partial charge in [0.1, 0.15) is 0 Å². The predicted molar refractivity (Wildman–Crippen MR) is 56.3 cm³/mol. The van der Waals surface area contributed by atoms with Crippen molar-refractivity contribution in [1.82, 2.24) is 0 Å². The highest BCUT2D eigenvalue weighted by atomic mass is 16.7. The van der Waals surface area contributed by atoms with Crippen LogP contribution in [0.5, 0.6) is 0 Å². The Morgan fingerprint density at radius 2 is 1.67 bits per heavy atom. The van der Waals surface area contributed by atoms with E-state index in [2.05, 4.69) is 6.92 Å². The largest absolute Gasteiger partial charge is 0.347 e. The molecule has 0 bridgehead atoms. The lowest BCUT2D eigenvalue weighted by molar-refractivity contribution is -0.312. The van der Waals surface area contributed by atoms with E-state index in [-0.39, 0.29) is 5.79 Å². The van der Waals surface area contributed by atoms with Crippen LogP contribution in [0.25, 0.3) is 0 Å². The Morgan fingerprint density at radius 3 is 2.20 bits per heavy atom.